The Morgan fingerprint density at radius 1 is 1.05 bits per heavy atom. The molecule has 0 aliphatic carbocycles. The number of phenolic OH excluding ortho intramolecular Hbond substituents is 1. The van der Waals surface area contributed by atoms with E-state index in [2.05, 4.69) is 10.6 Å². The van der Waals surface area contributed by atoms with Gasteiger partial charge < -0.3 is 25.5 Å². The lowest BCUT2D eigenvalue weighted by Crippen LogP contribution is -2.71. The van der Waals surface area contributed by atoms with Crippen LogP contribution < -0.4 is 10.6 Å². The van der Waals surface area contributed by atoms with E-state index < -0.39 is 6.17 Å². The molecule has 7 nitrogen and oxygen atoms in total. The van der Waals surface area contributed by atoms with E-state index in [9.17, 15) is 14.7 Å². The number of benzene rings is 1. The van der Waals surface area contributed by atoms with Crippen molar-refractivity contribution in [3.05, 3.63) is 29.8 Å². The molecule has 0 spiro atoms. The van der Waals surface area contributed by atoms with Crippen molar-refractivity contribution < 1.29 is 14.7 Å². The highest BCUT2D eigenvalue weighted by atomic mass is 16.3. The Bertz CT molecular complexity index is 621. The van der Waals surface area contributed by atoms with E-state index in [0.717, 1.165) is 0 Å². The van der Waals surface area contributed by atoms with Crippen molar-refractivity contribution in [3.8, 4) is 5.75 Å². The molecule has 2 aliphatic heterocycles. The minimum Gasteiger partial charge on any atom is -0.508 e. The van der Waals surface area contributed by atoms with Gasteiger partial charge in [-0.05, 0) is 13.0 Å². The average molecular weight is 304 g/mol. The molecule has 3 rings (SSSR count). The highest BCUT2D eigenvalue weighted by molar-refractivity contribution is 5.80. The molecule has 0 aromatic heterocycles. The predicted octanol–water partition coefficient (Wildman–Crippen LogP) is 1.07. The van der Waals surface area contributed by atoms with Crippen LogP contribution in [0.25, 0.3) is 0 Å². The van der Waals surface area contributed by atoms with Crippen molar-refractivity contribution in [2.75, 3.05) is 14.1 Å². The number of aromatic hydroxyl groups is 1. The van der Waals surface area contributed by atoms with Crippen LogP contribution in [0.15, 0.2) is 24.3 Å². The van der Waals surface area contributed by atoms with Crippen molar-refractivity contribution >= 4 is 12.1 Å². The summed E-state index contributed by atoms with van der Waals surface area (Å²) in [6.45, 7) is 1.92. The summed E-state index contributed by atoms with van der Waals surface area (Å²) in [6.07, 6.45) is -0.406. The first-order chi connectivity index (χ1) is 10.4. The molecule has 7 heteroatoms. The lowest BCUT2D eigenvalue weighted by Gasteiger charge is -2.52. The van der Waals surface area contributed by atoms with Gasteiger partial charge in [0, 0.05) is 31.6 Å². The van der Waals surface area contributed by atoms with Gasteiger partial charge in [0.1, 0.15) is 11.9 Å². The molecule has 0 bridgehead atoms. The third-order valence-electron chi connectivity index (χ3n) is 4.66. The molecule has 118 valence electrons. The number of rotatable bonds is 1. The Kier molecular flexibility index (Phi) is 3.35. The minimum absolute atomic E-state index is 0.0845. The maximum absolute atomic E-state index is 12.3. The molecule has 2 heterocycles. The van der Waals surface area contributed by atoms with Crippen LogP contribution in [0.4, 0.5) is 9.59 Å². The fraction of sp³-hybridized carbons (Fsp3) is 0.467. The molecule has 1 aromatic carbocycles. The molecule has 2 aliphatic rings. The van der Waals surface area contributed by atoms with Crippen LogP contribution in [0, 0.1) is 5.92 Å². The summed E-state index contributed by atoms with van der Waals surface area (Å²) in [6, 6.07) is 6.07. The Morgan fingerprint density at radius 2 is 1.68 bits per heavy atom. The molecular weight excluding hydrogens is 284 g/mol. The second-order valence-electron chi connectivity index (χ2n) is 5.94. The van der Waals surface area contributed by atoms with Gasteiger partial charge in [-0.15, -0.1) is 0 Å². The zero-order chi connectivity index (χ0) is 16.0. The van der Waals surface area contributed by atoms with Crippen LogP contribution in [0.2, 0.25) is 0 Å². The van der Waals surface area contributed by atoms with Crippen LogP contribution in [0.1, 0.15) is 18.5 Å². The molecule has 0 unspecified atom stereocenters. The fourth-order valence-electron chi connectivity index (χ4n) is 3.46. The van der Waals surface area contributed by atoms with Crippen molar-refractivity contribution in [3.63, 3.8) is 0 Å². The number of amides is 4. The third-order valence-corrected chi connectivity index (χ3v) is 4.66. The minimum atomic E-state index is -0.406. The number of hydrogen-bond acceptors (Lipinski definition) is 3. The largest absolute Gasteiger partial charge is 0.508 e. The first-order valence-corrected chi connectivity index (χ1v) is 7.26. The molecule has 4 amide bonds. The number of carbonyl (C=O) groups excluding carboxylic acids is 2. The van der Waals surface area contributed by atoms with Crippen molar-refractivity contribution in [1.82, 2.24) is 20.4 Å². The smallest absolute Gasteiger partial charge is 0.319 e. The third kappa shape index (κ3) is 2.04. The van der Waals surface area contributed by atoms with Gasteiger partial charge in [-0.2, -0.15) is 0 Å². The molecule has 0 radical (unpaired) electrons. The summed E-state index contributed by atoms with van der Waals surface area (Å²) in [7, 11) is 3.36. The first-order valence-electron chi connectivity index (χ1n) is 7.26. The normalized spacial score (nSPS) is 31.4. The number of nitrogens with one attached hydrogen (secondary N) is 2. The van der Waals surface area contributed by atoms with Crippen molar-refractivity contribution in [2.45, 2.75) is 25.2 Å². The Balaban J connectivity index is 2.08. The van der Waals surface area contributed by atoms with Gasteiger partial charge in [-0.3, -0.25) is 0 Å². The maximum atomic E-state index is 12.3. The maximum Gasteiger partial charge on any atom is 0.319 e. The first kappa shape index (κ1) is 14.5. The van der Waals surface area contributed by atoms with Crippen molar-refractivity contribution in [2.24, 2.45) is 5.92 Å². The number of phenols is 1. The quantitative estimate of drug-likeness (QED) is 0.725. The highest BCUT2D eigenvalue weighted by Crippen LogP contribution is 2.41. The lowest BCUT2D eigenvalue weighted by atomic mass is 9.81. The van der Waals surface area contributed by atoms with E-state index in [1.165, 1.54) is 4.90 Å². The van der Waals surface area contributed by atoms with Gasteiger partial charge in [0.2, 0.25) is 0 Å². The van der Waals surface area contributed by atoms with E-state index in [0.29, 0.717) is 5.56 Å². The molecule has 3 N–H and O–H groups in total. The van der Waals surface area contributed by atoms with Gasteiger partial charge in [0.05, 0.1) is 6.04 Å². The Hall–Kier alpha value is -2.44. The van der Waals surface area contributed by atoms with Gasteiger partial charge >= 0.3 is 12.1 Å². The van der Waals surface area contributed by atoms with Crippen LogP contribution in [-0.4, -0.2) is 53.3 Å². The summed E-state index contributed by atoms with van der Waals surface area (Å²) in [5.41, 5.74) is 0.686. The predicted molar refractivity (Wildman–Crippen MR) is 80.2 cm³/mol. The number of para-hydroxylation sites is 1. The van der Waals surface area contributed by atoms with E-state index in [1.54, 1.807) is 31.1 Å². The van der Waals surface area contributed by atoms with E-state index >= 15 is 0 Å². The monoisotopic (exact) mass is 304 g/mol. The summed E-state index contributed by atoms with van der Waals surface area (Å²) in [5.74, 6) is 0.0678. The lowest BCUT2D eigenvalue weighted by molar-refractivity contribution is 0.0241. The zero-order valence-corrected chi connectivity index (χ0v) is 12.8. The second kappa shape index (κ2) is 5.08. The van der Waals surface area contributed by atoms with Gasteiger partial charge in [-0.25, -0.2) is 9.59 Å². The van der Waals surface area contributed by atoms with Crippen LogP contribution in [0.3, 0.4) is 0 Å². The zero-order valence-electron chi connectivity index (χ0n) is 12.8. The fourth-order valence-corrected chi connectivity index (χ4v) is 3.46. The Morgan fingerprint density at radius 3 is 2.36 bits per heavy atom. The molecule has 0 saturated carbocycles. The molecule has 2 fully saturated rings. The topological polar surface area (TPSA) is 84.9 Å². The van der Waals surface area contributed by atoms with Crippen LogP contribution >= 0.6 is 0 Å². The van der Waals surface area contributed by atoms with Gasteiger partial charge in [-0.1, -0.05) is 18.2 Å². The van der Waals surface area contributed by atoms with E-state index in [4.69, 9.17) is 0 Å². The standard InChI is InChI=1S/C15H20N4O3/c1-8-11-12(9-6-4-5-7-10(9)20)18(2)15(22)17-13(11)19(3)14(21)16-8/h4-8,11-13,20H,1-3H3,(H,16,21)(H,17,22)/t8-,11-,12+,13-/m0/s1. The number of hydrogen-bond donors (Lipinski definition) is 3. The average Bonchev–Trinajstić information content (AvgIpc) is 2.48. The number of fused-ring (bicyclic) bond motifs is 1. The highest BCUT2D eigenvalue weighted by Gasteiger charge is 2.50. The summed E-state index contributed by atoms with van der Waals surface area (Å²) >= 11 is 0. The Labute approximate surface area is 128 Å². The number of carbonyl (C=O) groups is 2. The van der Waals surface area contributed by atoms with Gasteiger partial charge in [0.25, 0.3) is 0 Å². The molecular formula is C15H20N4O3. The number of nitrogens with zero attached hydrogens (tertiary/aromatic N) is 2. The van der Waals surface area contributed by atoms with Crippen LogP contribution in [-0.2, 0) is 0 Å². The summed E-state index contributed by atoms with van der Waals surface area (Å²) in [5, 5.41) is 16.0. The number of urea groups is 2. The summed E-state index contributed by atoms with van der Waals surface area (Å²) < 4.78 is 0. The summed E-state index contributed by atoms with van der Waals surface area (Å²) in [4.78, 5) is 27.3. The molecule has 2 saturated heterocycles. The molecule has 1 aromatic rings. The molecule has 22 heavy (non-hydrogen) atoms. The van der Waals surface area contributed by atoms with Gasteiger partial charge in [0.15, 0.2) is 0 Å². The molecule has 4 atom stereocenters. The SMILES string of the molecule is C[C@@H]1NC(=O)N(C)[C@@H]2NC(=O)N(C)[C@H](c3ccccc3O)[C@H]12. The second-order valence-corrected chi connectivity index (χ2v) is 5.94. The van der Waals surface area contributed by atoms with E-state index in [-0.39, 0.29) is 35.8 Å². The van der Waals surface area contributed by atoms with E-state index in [1.807, 2.05) is 19.1 Å². The van der Waals surface area contributed by atoms with Crippen molar-refractivity contribution in [1.29, 1.82) is 0 Å². The van der Waals surface area contributed by atoms with Crippen LogP contribution in [0.5, 0.6) is 5.75 Å².